The minimum Gasteiger partial charge on any atom is -0.447 e. The van der Waals surface area contributed by atoms with E-state index in [2.05, 4.69) is 4.98 Å². The van der Waals surface area contributed by atoms with Crippen LogP contribution in [-0.4, -0.2) is 22.1 Å². The second-order valence-electron chi connectivity index (χ2n) is 5.09. The van der Waals surface area contributed by atoms with Crippen molar-refractivity contribution in [2.45, 2.75) is 6.04 Å². The number of amides is 1. The smallest absolute Gasteiger partial charge is 0.415 e. The lowest BCUT2D eigenvalue weighted by Crippen LogP contribution is -2.27. The molecule has 0 spiro atoms. The first-order valence-corrected chi connectivity index (χ1v) is 7.24. The van der Waals surface area contributed by atoms with Crippen LogP contribution in [0.25, 0.3) is 5.65 Å². The number of cyclic esters (lactones) is 1. The van der Waals surface area contributed by atoms with E-state index in [1.54, 1.807) is 11.1 Å². The molecule has 1 unspecified atom stereocenters. The Morgan fingerprint density at radius 1 is 1.18 bits per heavy atom. The molecule has 5 nitrogen and oxygen atoms in total. The van der Waals surface area contributed by atoms with Crippen molar-refractivity contribution in [1.82, 2.24) is 9.38 Å². The fourth-order valence-corrected chi connectivity index (χ4v) is 2.81. The SMILES string of the molecule is O=C1OCC(c2ccc(Cl)cc2)N1c1ccn2ccnc2c1. The number of carbonyl (C=O) groups is 1. The summed E-state index contributed by atoms with van der Waals surface area (Å²) in [6, 6.07) is 11.0. The van der Waals surface area contributed by atoms with E-state index in [1.165, 1.54) is 0 Å². The van der Waals surface area contributed by atoms with Gasteiger partial charge in [-0.15, -0.1) is 0 Å². The zero-order valence-electron chi connectivity index (χ0n) is 11.5. The summed E-state index contributed by atoms with van der Waals surface area (Å²) in [4.78, 5) is 18.1. The molecule has 6 heteroatoms. The minimum absolute atomic E-state index is 0.165. The maximum absolute atomic E-state index is 12.2. The number of pyridine rings is 1. The molecule has 0 saturated carbocycles. The molecule has 0 bridgehead atoms. The Morgan fingerprint density at radius 3 is 2.82 bits per heavy atom. The van der Waals surface area contributed by atoms with E-state index in [0.717, 1.165) is 16.9 Å². The van der Waals surface area contributed by atoms with E-state index in [1.807, 2.05) is 53.2 Å². The zero-order chi connectivity index (χ0) is 15.1. The van der Waals surface area contributed by atoms with Gasteiger partial charge in [0, 0.05) is 29.7 Å². The normalized spacial score (nSPS) is 18.0. The highest BCUT2D eigenvalue weighted by Gasteiger charge is 2.35. The molecule has 2 aromatic heterocycles. The van der Waals surface area contributed by atoms with Crippen molar-refractivity contribution in [2.24, 2.45) is 0 Å². The molecule has 4 rings (SSSR count). The molecule has 1 aliphatic rings. The lowest BCUT2D eigenvalue weighted by atomic mass is 10.1. The number of fused-ring (bicyclic) bond motifs is 1. The monoisotopic (exact) mass is 313 g/mol. The molecule has 1 aromatic carbocycles. The molecule has 1 aliphatic heterocycles. The summed E-state index contributed by atoms with van der Waals surface area (Å²) in [7, 11) is 0. The third kappa shape index (κ3) is 2.10. The van der Waals surface area contributed by atoms with Crippen LogP contribution >= 0.6 is 11.6 Å². The van der Waals surface area contributed by atoms with Crippen molar-refractivity contribution < 1.29 is 9.53 Å². The highest BCUT2D eigenvalue weighted by molar-refractivity contribution is 6.30. The van der Waals surface area contributed by atoms with Crippen LogP contribution in [0.4, 0.5) is 10.5 Å². The van der Waals surface area contributed by atoms with Crippen LogP contribution in [0.5, 0.6) is 0 Å². The molecule has 1 fully saturated rings. The summed E-state index contributed by atoms with van der Waals surface area (Å²) in [6.45, 7) is 0.320. The molecule has 110 valence electrons. The van der Waals surface area contributed by atoms with Gasteiger partial charge in [-0.3, -0.25) is 4.90 Å². The first kappa shape index (κ1) is 13.2. The zero-order valence-corrected chi connectivity index (χ0v) is 12.3. The Morgan fingerprint density at radius 2 is 2.00 bits per heavy atom. The van der Waals surface area contributed by atoms with Gasteiger partial charge in [0.1, 0.15) is 12.3 Å². The first-order chi connectivity index (χ1) is 10.7. The number of aromatic nitrogens is 2. The number of benzene rings is 1. The van der Waals surface area contributed by atoms with Gasteiger partial charge in [0.05, 0.1) is 11.7 Å². The molecule has 0 N–H and O–H groups in total. The quantitative estimate of drug-likeness (QED) is 0.725. The second kappa shape index (κ2) is 5.03. The number of rotatable bonds is 2. The standard InChI is InChI=1S/C16H12ClN3O2/c17-12-3-1-11(2-4-12)14-10-22-16(21)20(14)13-5-7-19-8-6-18-15(19)9-13/h1-9,14H,10H2. The van der Waals surface area contributed by atoms with E-state index in [0.29, 0.717) is 11.6 Å². The number of carbonyl (C=O) groups excluding carboxylic acids is 1. The van der Waals surface area contributed by atoms with Gasteiger partial charge in [-0.05, 0) is 23.8 Å². The lowest BCUT2D eigenvalue weighted by molar-refractivity contribution is 0.179. The fraction of sp³-hybridized carbons (Fsp3) is 0.125. The minimum atomic E-state index is -0.351. The van der Waals surface area contributed by atoms with Crippen molar-refractivity contribution in [3.63, 3.8) is 0 Å². The van der Waals surface area contributed by atoms with Crippen molar-refractivity contribution in [1.29, 1.82) is 0 Å². The number of halogens is 1. The average Bonchev–Trinajstić information content (AvgIpc) is 3.13. The molecule has 1 saturated heterocycles. The number of hydrogen-bond acceptors (Lipinski definition) is 3. The topological polar surface area (TPSA) is 46.8 Å². The van der Waals surface area contributed by atoms with Gasteiger partial charge in [-0.25, -0.2) is 9.78 Å². The number of imidazole rings is 1. The summed E-state index contributed by atoms with van der Waals surface area (Å²) >= 11 is 5.93. The number of hydrogen-bond donors (Lipinski definition) is 0. The molecular weight excluding hydrogens is 302 g/mol. The van der Waals surface area contributed by atoms with Crippen LogP contribution in [0.3, 0.4) is 0 Å². The van der Waals surface area contributed by atoms with Crippen LogP contribution in [0.2, 0.25) is 5.02 Å². The molecular formula is C16H12ClN3O2. The maximum atomic E-state index is 12.2. The van der Waals surface area contributed by atoms with Gasteiger partial charge in [-0.2, -0.15) is 0 Å². The van der Waals surface area contributed by atoms with Crippen LogP contribution in [0.1, 0.15) is 11.6 Å². The van der Waals surface area contributed by atoms with Gasteiger partial charge in [0.25, 0.3) is 0 Å². The number of nitrogens with zero attached hydrogens (tertiary/aromatic N) is 3. The van der Waals surface area contributed by atoms with Gasteiger partial charge in [0.2, 0.25) is 0 Å². The molecule has 1 amide bonds. The van der Waals surface area contributed by atoms with Crippen molar-refractivity contribution in [2.75, 3.05) is 11.5 Å². The summed E-state index contributed by atoms with van der Waals surface area (Å²) in [6.07, 6.45) is 5.11. The Hall–Kier alpha value is -2.53. The predicted molar refractivity (Wildman–Crippen MR) is 83.2 cm³/mol. The van der Waals surface area contributed by atoms with Crippen molar-refractivity contribution in [3.8, 4) is 0 Å². The molecule has 3 aromatic rings. The summed E-state index contributed by atoms with van der Waals surface area (Å²) < 4.78 is 7.13. The number of ether oxygens (including phenoxy) is 1. The first-order valence-electron chi connectivity index (χ1n) is 6.86. The van der Waals surface area contributed by atoms with E-state index in [9.17, 15) is 4.79 Å². The van der Waals surface area contributed by atoms with Crippen LogP contribution < -0.4 is 4.90 Å². The average molecular weight is 314 g/mol. The third-order valence-corrected chi connectivity index (χ3v) is 4.04. The second-order valence-corrected chi connectivity index (χ2v) is 5.53. The van der Waals surface area contributed by atoms with E-state index < -0.39 is 0 Å². The van der Waals surface area contributed by atoms with Gasteiger partial charge in [0.15, 0.2) is 0 Å². The molecule has 3 heterocycles. The molecule has 0 radical (unpaired) electrons. The van der Waals surface area contributed by atoms with E-state index >= 15 is 0 Å². The Balaban J connectivity index is 1.76. The van der Waals surface area contributed by atoms with Crippen molar-refractivity contribution >= 4 is 29.0 Å². The Kier molecular flexibility index (Phi) is 3.01. The van der Waals surface area contributed by atoms with E-state index in [4.69, 9.17) is 16.3 Å². The maximum Gasteiger partial charge on any atom is 0.415 e. The summed E-state index contributed by atoms with van der Waals surface area (Å²) in [5.41, 5.74) is 2.53. The molecule has 0 aliphatic carbocycles. The van der Waals surface area contributed by atoms with Crippen LogP contribution in [0.15, 0.2) is 55.0 Å². The molecule has 1 atom stereocenters. The Bertz CT molecular complexity index is 844. The van der Waals surface area contributed by atoms with E-state index in [-0.39, 0.29) is 12.1 Å². The van der Waals surface area contributed by atoms with Crippen LogP contribution in [0, 0.1) is 0 Å². The van der Waals surface area contributed by atoms with Crippen LogP contribution in [-0.2, 0) is 4.74 Å². The highest BCUT2D eigenvalue weighted by Crippen LogP contribution is 2.33. The highest BCUT2D eigenvalue weighted by atomic mass is 35.5. The number of anilines is 1. The van der Waals surface area contributed by atoms with Crippen molar-refractivity contribution in [3.05, 3.63) is 65.6 Å². The van der Waals surface area contributed by atoms with Gasteiger partial charge < -0.3 is 9.14 Å². The molecule has 22 heavy (non-hydrogen) atoms. The summed E-state index contributed by atoms with van der Waals surface area (Å²) in [5.74, 6) is 0. The van der Waals surface area contributed by atoms with Gasteiger partial charge in [-0.1, -0.05) is 23.7 Å². The summed E-state index contributed by atoms with van der Waals surface area (Å²) in [5, 5.41) is 0.666. The third-order valence-electron chi connectivity index (χ3n) is 3.79. The van der Waals surface area contributed by atoms with Gasteiger partial charge >= 0.3 is 6.09 Å². The fourth-order valence-electron chi connectivity index (χ4n) is 2.69. The largest absolute Gasteiger partial charge is 0.447 e. The predicted octanol–water partition coefficient (Wildman–Crippen LogP) is 3.69. The lowest BCUT2D eigenvalue weighted by Gasteiger charge is -2.21. The Labute approximate surface area is 131 Å².